The molecule has 4 heteroatoms. The summed E-state index contributed by atoms with van der Waals surface area (Å²) in [7, 11) is 0. The lowest BCUT2D eigenvalue weighted by atomic mass is 9.98. The molecular weight excluding hydrogens is 226 g/mol. The average Bonchev–Trinajstić information content (AvgIpc) is 2.93. The summed E-state index contributed by atoms with van der Waals surface area (Å²) in [5.41, 5.74) is 4.05. The standard InChI is InChI=1S/C14H15N3O/c1-8-16-14(17-18-8)9-2-3-12-10-4-11(7-15-6-10)13(12)5-9/h2-3,5,10-11,15H,4,6-7H2,1H3. The van der Waals surface area contributed by atoms with E-state index < -0.39 is 0 Å². The van der Waals surface area contributed by atoms with Crippen molar-refractivity contribution < 1.29 is 4.52 Å². The van der Waals surface area contributed by atoms with Crippen molar-refractivity contribution in [3.05, 3.63) is 35.2 Å². The van der Waals surface area contributed by atoms with Crippen molar-refractivity contribution in [1.29, 1.82) is 0 Å². The number of hydrogen-bond acceptors (Lipinski definition) is 4. The maximum absolute atomic E-state index is 5.05. The van der Waals surface area contributed by atoms with Crippen LogP contribution in [0, 0.1) is 6.92 Å². The number of hydrogen-bond donors (Lipinski definition) is 1. The molecule has 0 amide bonds. The Morgan fingerprint density at radius 1 is 1.22 bits per heavy atom. The first-order valence-corrected chi connectivity index (χ1v) is 6.46. The molecule has 2 unspecified atom stereocenters. The van der Waals surface area contributed by atoms with Crippen LogP contribution in [0.3, 0.4) is 0 Å². The van der Waals surface area contributed by atoms with E-state index in [9.17, 15) is 0 Å². The summed E-state index contributed by atoms with van der Waals surface area (Å²) < 4.78 is 5.05. The molecule has 2 aliphatic rings. The fourth-order valence-electron chi connectivity index (χ4n) is 3.27. The van der Waals surface area contributed by atoms with E-state index in [0.29, 0.717) is 23.6 Å². The van der Waals surface area contributed by atoms with E-state index in [1.54, 1.807) is 0 Å². The second-order valence-electron chi connectivity index (χ2n) is 5.27. The molecule has 1 saturated heterocycles. The molecular formula is C14H15N3O. The Labute approximate surface area is 105 Å². The molecule has 2 heterocycles. The zero-order chi connectivity index (χ0) is 12.1. The Balaban J connectivity index is 1.81. The Morgan fingerprint density at radius 3 is 2.83 bits per heavy atom. The lowest BCUT2D eigenvalue weighted by molar-refractivity contribution is 0.394. The summed E-state index contributed by atoms with van der Waals surface area (Å²) in [6, 6.07) is 6.61. The highest BCUT2D eigenvalue weighted by Gasteiger charge is 2.34. The zero-order valence-electron chi connectivity index (χ0n) is 10.3. The molecule has 2 atom stereocenters. The van der Waals surface area contributed by atoms with Gasteiger partial charge in [0.15, 0.2) is 0 Å². The third-order valence-corrected chi connectivity index (χ3v) is 4.10. The number of rotatable bonds is 1. The normalized spacial score (nSPS) is 25.2. The maximum Gasteiger partial charge on any atom is 0.223 e. The number of nitrogens with one attached hydrogen (secondary N) is 1. The number of benzene rings is 1. The first kappa shape index (κ1) is 10.3. The summed E-state index contributed by atoms with van der Waals surface area (Å²) in [5, 5.41) is 7.50. The van der Waals surface area contributed by atoms with Crippen LogP contribution in [0.25, 0.3) is 11.4 Å². The number of nitrogens with zero attached hydrogens (tertiary/aromatic N) is 2. The predicted molar refractivity (Wildman–Crippen MR) is 67.4 cm³/mol. The molecule has 1 aromatic heterocycles. The number of aryl methyl sites for hydroxylation is 1. The third kappa shape index (κ3) is 1.42. The van der Waals surface area contributed by atoms with Crippen LogP contribution in [0.5, 0.6) is 0 Å². The van der Waals surface area contributed by atoms with Crippen LogP contribution in [0.1, 0.15) is 35.3 Å². The molecule has 92 valence electrons. The van der Waals surface area contributed by atoms with Crippen LogP contribution in [0.2, 0.25) is 0 Å². The molecule has 2 aromatic rings. The van der Waals surface area contributed by atoms with Gasteiger partial charge < -0.3 is 9.84 Å². The van der Waals surface area contributed by atoms with Gasteiger partial charge in [0, 0.05) is 25.6 Å². The molecule has 0 spiro atoms. The summed E-state index contributed by atoms with van der Waals surface area (Å²) in [6.07, 6.45) is 1.29. The minimum atomic E-state index is 0.617. The van der Waals surface area contributed by atoms with Crippen molar-refractivity contribution in [1.82, 2.24) is 15.5 Å². The highest BCUT2D eigenvalue weighted by molar-refractivity contribution is 5.59. The van der Waals surface area contributed by atoms with Gasteiger partial charge in [-0.2, -0.15) is 4.98 Å². The summed E-state index contributed by atoms with van der Waals surface area (Å²) >= 11 is 0. The van der Waals surface area contributed by atoms with E-state index in [1.165, 1.54) is 17.5 Å². The van der Waals surface area contributed by atoms with Crippen LogP contribution in [-0.2, 0) is 0 Å². The number of piperidine rings is 1. The second-order valence-corrected chi connectivity index (χ2v) is 5.27. The quantitative estimate of drug-likeness (QED) is 0.831. The molecule has 1 aliphatic heterocycles. The monoisotopic (exact) mass is 241 g/mol. The van der Waals surface area contributed by atoms with Crippen molar-refractivity contribution in [3.8, 4) is 11.4 Å². The van der Waals surface area contributed by atoms with Gasteiger partial charge >= 0.3 is 0 Å². The summed E-state index contributed by atoms with van der Waals surface area (Å²) in [4.78, 5) is 4.30. The minimum absolute atomic E-state index is 0.617. The molecule has 1 aliphatic carbocycles. The van der Waals surface area contributed by atoms with Gasteiger partial charge in [0.25, 0.3) is 0 Å². The smallest absolute Gasteiger partial charge is 0.223 e. The van der Waals surface area contributed by atoms with Crippen molar-refractivity contribution in [2.24, 2.45) is 0 Å². The van der Waals surface area contributed by atoms with Crippen LogP contribution in [-0.4, -0.2) is 23.2 Å². The van der Waals surface area contributed by atoms with Gasteiger partial charge in [-0.3, -0.25) is 0 Å². The van der Waals surface area contributed by atoms with Gasteiger partial charge in [0.2, 0.25) is 11.7 Å². The lowest BCUT2D eigenvalue weighted by Crippen LogP contribution is -2.28. The van der Waals surface area contributed by atoms with E-state index in [-0.39, 0.29) is 0 Å². The first-order valence-electron chi connectivity index (χ1n) is 6.46. The Kier molecular flexibility index (Phi) is 2.08. The molecule has 0 saturated carbocycles. The van der Waals surface area contributed by atoms with Crippen LogP contribution >= 0.6 is 0 Å². The van der Waals surface area contributed by atoms with E-state index in [2.05, 4.69) is 33.7 Å². The van der Waals surface area contributed by atoms with Gasteiger partial charge in [-0.05, 0) is 35.4 Å². The first-order chi connectivity index (χ1) is 8.81. The summed E-state index contributed by atoms with van der Waals surface area (Å²) in [6.45, 7) is 4.03. The van der Waals surface area contributed by atoms with Crippen LogP contribution < -0.4 is 5.32 Å². The SMILES string of the molecule is Cc1nc(-c2ccc3c(c2)C2CNCC3C2)no1. The molecule has 1 N–H and O–H groups in total. The predicted octanol–water partition coefficient (Wildman–Crippen LogP) is 2.22. The Bertz CT molecular complexity index is 605. The Hall–Kier alpha value is -1.68. The molecule has 2 bridgehead atoms. The highest BCUT2D eigenvalue weighted by Crippen LogP contribution is 2.44. The molecule has 0 radical (unpaired) electrons. The van der Waals surface area contributed by atoms with Crippen molar-refractivity contribution in [2.45, 2.75) is 25.2 Å². The molecule has 18 heavy (non-hydrogen) atoms. The number of aromatic nitrogens is 2. The fraction of sp³-hybridized carbons (Fsp3) is 0.429. The molecule has 1 fully saturated rings. The Morgan fingerprint density at radius 2 is 2.06 bits per heavy atom. The third-order valence-electron chi connectivity index (χ3n) is 4.10. The van der Waals surface area contributed by atoms with Crippen molar-refractivity contribution in [3.63, 3.8) is 0 Å². The zero-order valence-corrected chi connectivity index (χ0v) is 10.3. The van der Waals surface area contributed by atoms with Gasteiger partial charge in [-0.25, -0.2) is 0 Å². The maximum atomic E-state index is 5.05. The number of fused-ring (bicyclic) bond motifs is 5. The van der Waals surface area contributed by atoms with Gasteiger partial charge in [0.1, 0.15) is 0 Å². The minimum Gasteiger partial charge on any atom is -0.339 e. The van der Waals surface area contributed by atoms with E-state index in [0.717, 1.165) is 18.7 Å². The average molecular weight is 241 g/mol. The van der Waals surface area contributed by atoms with Crippen molar-refractivity contribution in [2.75, 3.05) is 13.1 Å². The highest BCUT2D eigenvalue weighted by atomic mass is 16.5. The van der Waals surface area contributed by atoms with Crippen molar-refractivity contribution >= 4 is 0 Å². The second kappa shape index (κ2) is 3.65. The van der Waals surface area contributed by atoms with Gasteiger partial charge in [0.05, 0.1) is 0 Å². The van der Waals surface area contributed by atoms with Crippen LogP contribution in [0.4, 0.5) is 0 Å². The molecule has 4 nitrogen and oxygen atoms in total. The fourth-order valence-corrected chi connectivity index (χ4v) is 3.27. The van der Waals surface area contributed by atoms with E-state index in [4.69, 9.17) is 4.52 Å². The molecule has 1 aromatic carbocycles. The van der Waals surface area contributed by atoms with Crippen LogP contribution in [0.15, 0.2) is 22.7 Å². The molecule has 4 rings (SSSR count). The topological polar surface area (TPSA) is 51.0 Å². The van der Waals surface area contributed by atoms with E-state index >= 15 is 0 Å². The van der Waals surface area contributed by atoms with E-state index in [1.807, 2.05) is 6.92 Å². The van der Waals surface area contributed by atoms with Gasteiger partial charge in [-0.1, -0.05) is 17.3 Å². The summed E-state index contributed by atoms with van der Waals surface area (Å²) in [5.74, 6) is 2.67. The largest absolute Gasteiger partial charge is 0.339 e. The van der Waals surface area contributed by atoms with Gasteiger partial charge in [-0.15, -0.1) is 0 Å². The lowest BCUT2D eigenvalue weighted by Gasteiger charge is -2.19.